The Balaban J connectivity index is 2.41. The van der Waals surface area contributed by atoms with Gasteiger partial charge >= 0.3 is 0 Å². The lowest BCUT2D eigenvalue weighted by Crippen LogP contribution is -2.55. The van der Waals surface area contributed by atoms with Crippen LogP contribution >= 0.6 is 0 Å². The second-order valence-corrected chi connectivity index (χ2v) is 4.93. The Hall–Kier alpha value is -1.85. The first-order chi connectivity index (χ1) is 9.72. The molecule has 1 unspecified atom stereocenters. The van der Waals surface area contributed by atoms with Crippen molar-refractivity contribution in [1.29, 1.82) is 0 Å². The van der Waals surface area contributed by atoms with E-state index in [0.717, 1.165) is 43.0 Å². The van der Waals surface area contributed by atoms with Gasteiger partial charge in [-0.2, -0.15) is 0 Å². The molecular weight excluding hydrogens is 254 g/mol. The van der Waals surface area contributed by atoms with Crippen LogP contribution in [-0.4, -0.2) is 42.1 Å². The fraction of sp³-hybridized carbons (Fsp3) is 0.643. The van der Waals surface area contributed by atoms with Gasteiger partial charge in [-0.05, 0) is 12.8 Å². The number of piperazine rings is 1. The van der Waals surface area contributed by atoms with Gasteiger partial charge in [0.05, 0.1) is 0 Å². The highest BCUT2D eigenvalue weighted by Gasteiger charge is 2.30. The van der Waals surface area contributed by atoms with E-state index >= 15 is 0 Å². The Labute approximate surface area is 120 Å². The predicted octanol–water partition coefficient (Wildman–Crippen LogP) is 1.19. The standard InChI is InChI=1S/C14H23N5O/c1-4-6-10-12(15-3)17-9-18-13(10)19-8-7-16-14(20)11(19)5-2/h9,11H,4-8H2,1-3H3,(H,16,20)(H,15,17,18). The molecule has 1 fully saturated rings. The van der Waals surface area contributed by atoms with E-state index in [1.807, 2.05) is 14.0 Å². The van der Waals surface area contributed by atoms with Gasteiger partial charge < -0.3 is 15.5 Å². The molecule has 0 radical (unpaired) electrons. The van der Waals surface area contributed by atoms with Gasteiger partial charge in [-0.25, -0.2) is 9.97 Å². The van der Waals surface area contributed by atoms with Crippen molar-refractivity contribution in [2.75, 3.05) is 30.4 Å². The summed E-state index contributed by atoms with van der Waals surface area (Å²) in [5.41, 5.74) is 1.10. The smallest absolute Gasteiger partial charge is 0.242 e. The molecule has 2 N–H and O–H groups in total. The number of hydrogen-bond acceptors (Lipinski definition) is 5. The zero-order valence-corrected chi connectivity index (χ0v) is 12.4. The second-order valence-electron chi connectivity index (χ2n) is 4.93. The zero-order chi connectivity index (χ0) is 14.5. The molecule has 0 saturated carbocycles. The van der Waals surface area contributed by atoms with E-state index in [2.05, 4.69) is 32.4 Å². The number of anilines is 2. The molecule has 110 valence electrons. The van der Waals surface area contributed by atoms with Gasteiger partial charge in [-0.15, -0.1) is 0 Å². The molecule has 20 heavy (non-hydrogen) atoms. The SMILES string of the molecule is CCCc1c(NC)ncnc1N1CCNC(=O)C1CC. The van der Waals surface area contributed by atoms with Gasteiger partial charge in [0.15, 0.2) is 0 Å². The summed E-state index contributed by atoms with van der Waals surface area (Å²) >= 11 is 0. The largest absolute Gasteiger partial charge is 0.373 e. The minimum absolute atomic E-state index is 0.0887. The molecule has 1 saturated heterocycles. The van der Waals surface area contributed by atoms with Gasteiger partial charge in [0, 0.05) is 25.7 Å². The molecule has 1 aliphatic heterocycles. The van der Waals surface area contributed by atoms with E-state index in [-0.39, 0.29) is 11.9 Å². The molecule has 6 heteroatoms. The summed E-state index contributed by atoms with van der Waals surface area (Å²) in [4.78, 5) is 22.9. The van der Waals surface area contributed by atoms with Crippen molar-refractivity contribution in [2.24, 2.45) is 0 Å². The molecule has 2 rings (SSSR count). The molecule has 0 aromatic carbocycles. The minimum atomic E-state index is -0.140. The summed E-state index contributed by atoms with van der Waals surface area (Å²) in [7, 11) is 1.87. The second kappa shape index (κ2) is 6.54. The summed E-state index contributed by atoms with van der Waals surface area (Å²) in [5.74, 6) is 1.84. The molecule has 0 aliphatic carbocycles. The third-order valence-electron chi connectivity index (χ3n) is 3.65. The monoisotopic (exact) mass is 277 g/mol. The molecule has 1 aromatic rings. The first kappa shape index (κ1) is 14.6. The van der Waals surface area contributed by atoms with Crippen LogP contribution in [0.3, 0.4) is 0 Å². The van der Waals surface area contributed by atoms with Gasteiger partial charge in [0.25, 0.3) is 0 Å². The first-order valence-corrected chi connectivity index (χ1v) is 7.28. The fourth-order valence-electron chi connectivity index (χ4n) is 2.72. The quantitative estimate of drug-likeness (QED) is 0.846. The van der Waals surface area contributed by atoms with Crippen LogP contribution in [0.1, 0.15) is 32.3 Å². The van der Waals surface area contributed by atoms with Crippen LogP contribution in [0.15, 0.2) is 6.33 Å². The number of nitrogens with one attached hydrogen (secondary N) is 2. The van der Waals surface area contributed by atoms with Gasteiger partial charge in [0.2, 0.25) is 5.91 Å². The van der Waals surface area contributed by atoms with E-state index in [1.165, 1.54) is 0 Å². The van der Waals surface area contributed by atoms with Crippen molar-refractivity contribution < 1.29 is 4.79 Å². The maximum atomic E-state index is 12.0. The molecule has 1 aromatic heterocycles. The Kier molecular flexibility index (Phi) is 4.76. The molecule has 2 heterocycles. The summed E-state index contributed by atoms with van der Waals surface area (Å²) in [6.45, 7) is 5.62. The molecule has 6 nitrogen and oxygen atoms in total. The summed E-state index contributed by atoms with van der Waals surface area (Å²) in [6, 6.07) is -0.140. The number of carbonyl (C=O) groups is 1. The summed E-state index contributed by atoms with van der Waals surface area (Å²) < 4.78 is 0. The van der Waals surface area contributed by atoms with Crippen LogP contribution in [0, 0.1) is 0 Å². The number of nitrogens with zero attached hydrogens (tertiary/aromatic N) is 3. The van der Waals surface area contributed by atoms with Crippen molar-refractivity contribution >= 4 is 17.5 Å². The lowest BCUT2D eigenvalue weighted by Gasteiger charge is -2.36. The van der Waals surface area contributed by atoms with E-state index in [0.29, 0.717) is 6.54 Å². The van der Waals surface area contributed by atoms with E-state index in [4.69, 9.17) is 0 Å². The van der Waals surface area contributed by atoms with Gasteiger partial charge in [0.1, 0.15) is 24.0 Å². The molecule has 0 spiro atoms. The Morgan fingerprint density at radius 3 is 2.90 bits per heavy atom. The summed E-state index contributed by atoms with van der Waals surface area (Å²) in [5, 5.41) is 6.05. The Morgan fingerprint density at radius 1 is 1.45 bits per heavy atom. The molecule has 1 amide bonds. The normalized spacial score (nSPS) is 18.9. The maximum Gasteiger partial charge on any atom is 0.242 e. The van der Waals surface area contributed by atoms with Crippen molar-refractivity contribution in [2.45, 2.75) is 39.2 Å². The Morgan fingerprint density at radius 2 is 2.25 bits per heavy atom. The predicted molar refractivity (Wildman–Crippen MR) is 80.0 cm³/mol. The first-order valence-electron chi connectivity index (χ1n) is 7.28. The number of hydrogen-bond donors (Lipinski definition) is 2. The van der Waals surface area contributed by atoms with Gasteiger partial charge in [-0.1, -0.05) is 20.3 Å². The van der Waals surface area contributed by atoms with E-state index < -0.39 is 0 Å². The highest BCUT2D eigenvalue weighted by molar-refractivity contribution is 5.86. The van der Waals surface area contributed by atoms with Crippen LogP contribution < -0.4 is 15.5 Å². The molecule has 1 atom stereocenters. The summed E-state index contributed by atoms with van der Waals surface area (Å²) in [6.07, 6.45) is 4.27. The average molecular weight is 277 g/mol. The zero-order valence-electron chi connectivity index (χ0n) is 12.4. The fourth-order valence-corrected chi connectivity index (χ4v) is 2.72. The lowest BCUT2D eigenvalue weighted by atomic mass is 10.1. The van der Waals surface area contributed by atoms with Crippen molar-refractivity contribution in [3.05, 3.63) is 11.9 Å². The Bertz CT molecular complexity index is 477. The number of carbonyl (C=O) groups excluding carboxylic acids is 1. The van der Waals surface area contributed by atoms with Crippen LogP contribution in [0.25, 0.3) is 0 Å². The van der Waals surface area contributed by atoms with Gasteiger partial charge in [-0.3, -0.25) is 4.79 Å². The molecular formula is C14H23N5O. The molecule has 1 aliphatic rings. The topological polar surface area (TPSA) is 70.2 Å². The van der Waals surface area contributed by atoms with Crippen LogP contribution in [-0.2, 0) is 11.2 Å². The highest BCUT2D eigenvalue weighted by atomic mass is 16.2. The van der Waals surface area contributed by atoms with Crippen molar-refractivity contribution in [3.63, 3.8) is 0 Å². The van der Waals surface area contributed by atoms with Crippen LogP contribution in [0.5, 0.6) is 0 Å². The number of aromatic nitrogens is 2. The van der Waals surface area contributed by atoms with Crippen LogP contribution in [0.2, 0.25) is 0 Å². The third-order valence-corrected chi connectivity index (χ3v) is 3.65. The third kappa shape index (κ3) is 2.69. The molecule has 0 bridgehead atoms. The average Bonchev–Trinajstić information content (AvgIpc) is 2.47. The lowest BCUT2D eigenvalue weighted by molar-refractivity contribution is -0.123. The highest BCUT2D eigenvalue weighted by Crippen LogP contribution is 2.27. The van der Waals surface area contributed by atoms with Crippen molar-refractivity contribution in [3.8, 4) is 0 Å². The number of rotatable bonds is 5. The van der Waals surface area contributed by atoms with E-state index in [1.54, 1.807) is 6.33 Å². The van der Waals surface area contributed by atoms with Crippen molar-refractivity contribution in [1.82, 2.24) is 15.3 Å². The number of amides is 1. The van der Waals surface area contributed by atoms with Crippen LogP contribution in [0.4, 0.5) is 11.6 Å². The maximum absolute atomic E-state index is 12.0. The minimum Gasteiger partial charge on any atom is -0.373 e. The van der Waals surface area contributed by atoms with E-state index in [9.17, 15) is 4.79 Å².